The Morgan fingerprint density at radius 1 is 1.09 bits per heavy atom. The molecule has 0 bridgehead atoms. The van der Waals surface area contributed by atoms with Gasteiger partial charge in [0.1, 0.15) is 5.69 Å². The molecule has 1 heterocycles. The van der Waals surface area contributed by atoms with E-state index in [9.17, 15) is 4.79 Å². The van der Waals surface area contributed by atoms with E-state index in [1.165, 1.54) is 20.3 Å². The number of ketones is 1. The summed E-state index contributed by atoms with van der Waals surface area (Å²) < 4.78 is 17.5. The van der Waals surface area contributed by atoms with Gasteiger partial charge in [-0.2, -0.15) is 5.10 Å². The maximum atomic E-state index is 12.0. The van der Waals surface area contributed by atoms with Crippen LogP contribution in [0, 0.1) is 0 Å². The van der Waals surface area contributed by atoms with Gasteiger partial charge in [0.25, 0.3) is 0 Å². The van der Waals surface area contributed by atoms with Gasteiger partial charge in [-0.15, -0.1) is 0 Å². The van der Waals surface area contributed by atoms with Crippen LogP contribution in [0.3, 0.4) is 0 Å². The Kier molecular flexibility index (Phi) is 4.83. The van der Waals surface area contributed by atoms with E-state index in [0.29, 0.717) is 28.5 Å². The maximum Gasteiger partial charge on any atom is 0.206 e. The molecule has 0 aliphatic heterocycles. The molecule has 6 nitrogen and oxygen atoms in total. The van der Waals surface area contributed by atoms with Gasteiger partial charge in [0.05, 0.1) is 21.3 Å². The SMILES string of the molecule is COc1ccc(/C=C/C(=O)c2ccn(C)n2)c(OC)c1OC. The van der Waals surface area contributed by atoms with Crippen molar-refractivity contribution in [3.8, 4) is 17.2 Å². The molecule has 2 rings (SSSR count). The topological polar surface area (TPSA) is 62.6 Å². The number of hydrogen-bond donors (Lipinski definition) is 0. The molecule has 0 radical (unpaired) electrons. The van der Waals surface area contributed by atoms with Gasteiger partial charge in [0.2, 0.25) is 11.5 Å². The van der Waals surface area contributed by atoms with Gasteiger partial charge in [0, 0.05) is 18.8 Å². The summed E-state index contributed by atoms with van der Waals surface area (Å²) in [6, 6.07) is 5.22. The minimum atomic E-state index is -0.183. The van der Waals surface area contributed by atoms with Crippen LogP contribution in [0.25, 0.3) is 6.08 Å². The number of methoxy groups -OCH3 is 3. The molecule has 6 heteroatoms. The van der Waals surface area contributed by atoms with Crippen LogP contribution in [0.1, 0.15) is 16.1 Å². The third kappa shape index (κ3) is 3.11. The average Bonchev–Trinajstić information content (AvgIpc) is 2.97. The van der Waals surface area contributed by atoms with Crippen molar-refractivity contribution in [1.29, 1.82) is 0 Å². The minimum absolute atomic E-state index is 0.183. The van der Waals surface area contributed by atoms with E-state index in [4.69, 9.17) is 14.2 Å². The molecular formula is C16H18N2O4. The third-order valence-corrected chi connectivity index (χ3v) is 3.11. The summed E-state index contributed by atoms with van der Waals surface area (Å²) in [5.74, 6) is 1.37. The minimum Gasteiger partial charge on any atom is -0.493 e. The van der Waals surface area contributed by atoms with Crippen molar-refractivity contribution in [1.82, 2.24) is 9.78 Å². The average molecular weight is 302 g/mol. The molecule has 0 saturated carbocycles. The fourth-order valence-electron chi connectivity index (χ4n) is 2.05. The second-order valence-corrected chi connectivity index (χ2v) is 4.50. The lowest BCUT2D eigenvalue weighted by atomic mass is 10.1. The highest BCUT2D eigenvalue weighted by Crippen LogP contribution is 2.40. The summed E-state index contributed by atoms with van der Waals surface area (Å²) in [6.45, 7) is 0. The van der Waals surface area contributed by atoms with Crippen LogP contribution >= 0.6 is 0 Å². The predicted molar refractivity (Wildman–Crippen MR) is 82.7 cm³/mol. The van der Waals surface area contributed by atoms with Gasteiger partial charge < -0.3 is 14.2 Å². The van der Waals surface area contributed by atoms with E-state index < -0.39 is 0 Å². The zero-order valence-corrected chi connectivity index (χ0v) is 13.0. The summed E-state index contributed by atoms with van der Waals surface area (Å²) in [5, 5.41) is 4.07. The zero-order valence-electron chi connectivity index (χ0n) is 13.0. The van der Waals surface area contributed by atoms with Gasteiger partial charge >= 0.3 is 0 Å². The van der Waals surface area contributed by atoms with E-state index in [0.717, 1.165) is 0 Å². The molecule has 22 heavy (non-hydrogen) atoms. The van der Waals surface area contributed by atoms with Crippen LogP contribution in [0.2, 0.25) is 0 Å². The Labute approximate surface area is 128 Å². The fourth-order valence-corrected chi connectivity index (χ4v) is 2.05. The molecule has 0 spiro atoms. The second kappa shape index (κ2) is 6.80. The lowest BCUT2D eigenvalue weighted by Crippen LogP contribution is -1.99. The number of carbonyl (C=O) groups is 1. The smallest absolute Gasteiger partial charge is 0.206 e. The molecule has 116 valence electrons. The summed E-state index contributed by atoms with van der Waals surface area (Å²) in [7, 11) is 6.39. The first-order chi connectivity index (χ1) is 10.6. The quantitative estimate of drug-likeness (QED) is 0.605. The largest absolute Gasteiger partial charge is 0.493 e. The molecule has 0 N–H and O–H groups in total. The number of aromatic nitrogens is 2. The van der Waals surface area contributed by atoms with Gasteiger partial charge in [0.15, 0.2) is 11.5 Å². The molecule has 0 unspecified atom stereocenters. The Balaban J connectivity index is 2.32. The van der Waals surface area contributed by atoms with Crippen LogP contribution in [-0.2, 0) is 7.05 Å². The predicted octanol–water partition coefficient (Wildman–Crippen LogP) is 2.34. The Bertz CT molecular complexity index is 704. The summed E-state index contributed by atoms with van der Waals surface area (Å²) >= 11 is 0. The van der Waals surface area contributed by atoms with E-state index in [1.807, 2.05) is 0 Å². The van der Waals surface area contributed by atoms with Crippen molar-refractivity contribution in [3.63, 3.8) is 0 Å². The number of allylic oxidation sites excluding steroid dienone is 1. The van der Waals surface area contributed by atoms with E-state index >= 15 is 0 Å². The number of benzene rings is 1. The Morgan fingerprint density at radius 3 is 2.36 bits per heavy atom. The molecule has 1 aromatic carbocycles. The molecule has 2 aromatic rings. The van der Waals surface area contributed by atoms with E-state index in [1.54, 1.807) is 49.3 Å². The highest BCUT2D eigenvalue weighted by atomic mass is 16.5. The van der Waals surface area contributed by atoms with Crippen LogP contribution in [0.15, 0.2) is 30.5 Å². The van der Waals surface area contributed by atoms with Crippen molar-refractivity contribution in [3.05, 3.63) is 41.7 Å². The van der Waals surface area contributed by atoms with Crippen LogP contribution in [0.5, 0.6) is 17.2 Å². The first kappa shape index (κ1) is 15.6. The number of carbonyl (C=O) groups excluding carboxylic acids is 1. The van der Waals surface area contributed by atoms with Gasteiger partial charge in [-0.1, -0.05) is 0 Å². The van der Waals surface area contributed by atoms with Crippen molar-refractivity contribution in [2.24, 2.45) is 7.05 Å². The molecule has 0 amide bonds. The summed E-state index contributed by atoms with van der Waals surface area (Å²) in [5.41, 5.74) is 1.10. The van der Waals surface area contributed by atoms with Gasteiger partial charge in [-0.05, 0) is 30.4 Å². The molecule has 1 aromatic heterocycles. The normalized spacial score (nSPS) is 10.7. The number of aryl methyl sites for hydroxylation is 1. The molecule has 0 saturated heterocycles. The summed E-state index contributed by atoms with van der Waals surface area (Å²) in [4.78, 5) is 12.0. The van der Waals surface area contributed by atoms with E-state index in [2.05, 4.69) is 5.10 Å². The molecular weight excluding hydrogens is 284 g/mol. The van der Waals surface area contributed by atoms with Crippen molar-refractivity contribution < 1.29 is 19.0 Å². The first-order valence-corrected chi connectivity index (χ1v) is 6.61. The Hall–Kier alpha value is -2.76. The zero-order chi connectivity index (χ0) is 16.1. The standard InChI is InChI=1S/C16H18N2O4/c1-18-10-9-12(17-18)13(19)7-5-11-6-8-14(20-2)16(22-4)15(11)21-3/h5-10H,1-4H3/b7-5+. The number of rotatable bonds is 6. The number of nitrogens with zero attached hydrogens (tertiary/aromatic N) is 2. The fraction of sp³-hybridized carbons (Fsp3) is 0.250. The van der Waals surface area contributed by atoms with Gasteiger partial charge in [-0.3, -0.25) is 9.48 Å². The highest BCUT2D eigenvalue weighted by Gasteiger charge is 2.14. The Morgan fingerprint density at radius 2 is 1.82 bits per heavy atom. The number of hydrogen-bond acceptors (Lipinski definition) is 5. The van der Waals surface area contributed by atoms with Crippen LogP contribution < -0.4 is 14.2 Å². The van der Waals surface area contributed by atoms with Crippen molar-refractivity contribution in [2.75, 3.05) is 21.3 Å². The van der Waals surface area contributed by atoms with Gasteiger partial charge in [-0.25, -0.2) is 0 Å². The van der Waals surface area contributed by atoms with Crippen LogP contribution in [0.4, 0.5) is 0 Å². The highest BCUT2D eigenvalue weighted by molar-refractivity contribution is 6.05. The van der Waals surface area contributed by atoms with Crippen LogP contribution in [-0.4, -0.2) is 36.9 Å². The van der Waals surface area contributed by atoms with Crippen molar-refractivity contribution in [2.45, 2.75) is 0 Å². The lowest BCUT2D eigenvalue weighted by Gasteiger charge is -2.13. The second-order valence-electron chi connectivity index (χ2n) is 4.50. The monoisotopic (exact) mass is 302 g/mol. The molecule has 0 atom stereocenters. The number of ether oxygens (including phenoxy) is 3. The molecule has 0 aliphatic rings. The maximum absolute atomic E-state index is 12.0. The third-order valence-electron chi connectivity index (χ3n) is 3.11. The lowest BCUT2D eigenvalue weighted by molar-refractivity contribution is 0.104. The summed E-state index contributed by atoms with van der Waals surface area (Å²) in [6.07, 6.45) is 4.84. The molecule has 0 fully saturated rings. The first-order valence-electron chi connectivity index (χ1n) is 6.61. The molecule has 0 aliphatic carbocycles. The van der Waals surface area contributed by atoms with E-state index in [-0.39, 0.29) is 5.78 Å². The van der Waals surface area contributed by atoms with Crippen molar-refractivity contribution >= 4 is 11.9 Å².